The van der Waals surface area contributed by atoms with Crippen LogP contribution in [0.25, 0.3) is 0 Å². The van der Waals surface area contributed by atoms with Crippen LogP contribution in [0.5, 0.6) is 11.5 Å². The van der Waals surface area contributed by atoms with Crippen molar-refractivity contribution in [1.82, 2.24) is 0 Å². The van der Waals surface area contributed by atoms with Gasteiger partial charge in [0.1, 0.15) is 23.9 Å². The van der Waals surface area contributed by atoms with Crippen molar-refractivity contribution in [2.75, 3.05) is 12.4 Å². The molecule has 0 aliphatic carbocycles. The van der Waals surface area contributed by atoms with Crippen LogP contribution in [-0.2, 0) is 6.61 Å². The minimum absolute atomic E-state index is 0.135. The molecule has 0 aliphatic rings. The van der Waals surface area contributed by atoms with E-state index < -0.39 is 11.7 Å². The van der Waals surface area contributed by atoms with Gasteiger partial charge in [-0.2, -0.15) is 0 Å². The van der Waals surface area contributed by atoms with Gasteiger partial charge < -0.3 is 14.8 Å². The number of hydrogen-bond acceptors (Lipinski definition) is 3. The van der Waals surface area contributed by atoms with Gasteiger partial charge in [-0.3, -0.25) is 4.79 Å². The average Bonchev–Trinajstić information content (AvgIpc) is 2.70. The molecule has 0 unspecified atom stereocenters. The van der Waals surface area contributed by atoms with E-state index >= 15 is 0 Å². The van der Waals surface area contributed by atoms with E-state index in [9.17, 15) is 9.18 Å². The van der Waals surface area contributed by atoms with Crippen LogP contribution in [0.15, 0.2) is 60.7 Å². The molecule has 4 nitrogen and oxygen atoms in total. The molecule has 5 heteroatoms. The van der Waals surface area contributed by atoms with E-state index in [-0.39, 0.29) is 12.3 Å². The highest BCUT2D eigenvalue weighted by molar-refractivity contribution is 6.04. The molecule has 0 aliphatic heterocycles. The van der Waals surface area contributed by atoms with Gasteiger partial charge in [-0.05, 0) is 67.4 Å². The summed E-state index contributed by atoms with van der Waals surface area (Å²) in [6, 6.07) is 16.9. The van der Waals surface area contributed by atoms with Crippen LogP contribution in [0.3, 0.4) is 0 Å². The van der Waals surface area contributed by atoms with Crippen LogP contribution >= 0.6 is 0 Å². The Morgan fingerprint density at radius 3 is 2.50 bits per heavy atom. The number of carbonyl (C=O) groups is 1. The summed E-state index contributed by atoms with van der Waals surface area (Å²) < 4.78 is 25.0. The summed E-state index contributed by atoms with van der Waals surface area (Å²) in [5.74, 6) is 0.473. The summed E-state index contributed by atoms with van der Waals surface area (Å²) in [4.78, 5) is 12.5. The Balaban J connectivity index is 1.78. The third kappa shape index (κ3) is 4.49. The predicted octanol–water partition coefficient (Wildman–Crippen LogP) is 5.28. The molecular weight excluding hydrogens is 357 g/mol. The van der Waals surface area contributed by atoms with Crippen molar-refractivity contribution in [3.05, 3.63) is 88.7 Å². The van der Waals surface area contributed by atoms with E-state index in [2.05, 4.69) is 5.32 Å². The molecule has 0 aromatic heterocycles. The Bertz CT molecular complexity index is 1000. The van der Waals surface area contributed by atoms with Crippen molar-refractivity contribution in [2.24, 2.45) is 0 Å². The minimum atomic E-state index is -0.484. The summed E-state index contributed by atoms with van der Waals surface area (Å²) in [7, 11) is 1.56. The van der Waals surface area contributed by atoms with E-state index in [1.807, 2.05) is 32.0 Å². The van der Waals surface area contributed by atoms with Crippen molar-refractivity contribution in [3.8, 4) is 11.5 Å². The number of nitrogens with one attached hydrogen (secondary N) is 1. The fourth-order valence-corrected chi connectivity index (χ4v) is 2.75. The summed E-state index contributed by atoms with van der Waals surface area (Å²) in [5, 5.41) is 2.58. The molecule has 1 amide bonds. The predicted molar refractivity (Wildman–Crippen MR) is 108 cm³/mol. The van der Waals surface area contributed by atoms with Crippen LogP contribution in [0.2, 0.25) is 0 Å². The molecule has 0 fully saturated rings. The zero-order valence-corrected chi connectivity index (χ0v) is 16.1. The lowest BCUT2D eigenvalue weighted by Gasteiger charge is -2.13. The van der Waals surface area contributed by atoms with Crippen molar-refractivity contribution in [1.29, 1.82) is 0 Å². The van der Waals surface area contributed by atoms with Crippen LogP contribution in [0, 0.1) is 19.7 Å². The fourth-order valence-electron chi connectivity index (χ4n) is 2.75. The SMILES string of the molecule is COc1ccc(C(=O)Nc2ccccc2F)cc1COc1ccc(C)c(C)c1. The Kier molecular flexibility index (Phi) is 5.94. The first kappa shape index (κ1) is 19.4. The highest BCUT2D eigenvalue weighted by Crippen LogP contribution is 2.24. The topological polar surface area (TPSA) is 47.6 Å². The maximum Gasteiger partial charge on any atom is 0.255 e. The number of methoxy groups -OCH3 is 1. The van der Waals surface area contributed by atoms with E-state index in [0.29, 0.717) is 11.3 Å². The van der Waals surface area contributed by atoms with Gasteiger partial charge in [-0.15, -0.1) is 0 Å². The summed E-state index contributed by atoms with van der Waals surface area (Å²) in [6.45, 7) is 4.31. The van der Waals surface area contributed by atoms with Gasteiger partial charge in [-0.1, -0.05) is 18.2 Å². The number of halogens is 1. The third-order valence-electron chi connectivity index (χ3n) is 4.54. The fraction of sp³-hybridized carbons (Fsp3) is 0.174. The number of anilines is 1. The lowest BCUT2D eigenvalue weighted by molar-refractivity contribution is 0.102. The maximum absolute atomic E-state index is 13.8. The van der Waals surface area contributed by atoms with Gasteiger partial charge in [0.2, 0.25) is 0 Å². The second-order valence-electron chi connectivity index (χ2n) is 6.50. The molecule has 28 heavy (non-hydrogen) atoms. The van der Waals surface area contributed by atoms with E-state index in [4.69, 9.17) is 9.47 Å². The molecular formula is C23H22FNO3. The second-order valence-corrected chi connectivity index (χ2v) is 6.50. The van der Waals surface area contributed by atoms with Crippen molar-refractivity contribution >= 4 is 11.6 Å². The number of rotatable bonds is 6. The smallest absolute Gasteiger partial charge is 0.255 e. The number of hydrogen-bond donors (Lipinski definition) is 1. The van der Waals surface area contributed by atoms with Crippen molar-refractivity contribution in [2.45, 2.75) is 20.5 Å². The molecule has 0 saturated carbocycles. The second kappa shape index (κ2) is 8.57. The highest BCUT2D eigenvalue weighted by atomic mass is 19.1. The van der Waals surface area contributed by atoms with Gasteiger partial charge in [0.05, 0.1) is 12.8 Å². The first-order valence-corrected chi connectivity index (χ1v) is 8.91. The Labute approximate surface area is 163 Å². The third-order valence-corrected chi connectivity index (χ3v) is 4.54. The molecule has 0 heterocycles. The summed E-state index contributed by atoms with van der Waals surface area (Å²) in [5.41, 5.74) is 3.58. The molecule has 3 aromatic carbocycles. The minimum Gasteiger partial charge on any atom is -0.496 e. The number of para-hydroxylation sites is 1. The number of ether oxygens (including phenoxy) is 2. The first-order chi connectivity index (χ1) is 13.5. The zero-order chi connectivity index (χ0) is 20.1. The standard InChI is InChI=1S/C23H22FNO3/c1-15-8-10-19(12-16(15)2)28-14-18-13-17(9-11-22(18)27-3)23(26)25-21-7-5-4-6-20(21)24/h4-13H,14H2,1-3H3,(H,25,26). The lowest BCUT2D eigenvalue weighted by Crippen LogP contribution is -2.13. The molecule has 1 N–H and O–H groups in total. The number of aryl methyl sites for hydroxylation is 2. The molecule has 0 spiro atoms. The Hall–Kier alpha value is -3.34. The van der Waals surface area contributed by atoms with E-state index in [1.165, 1.54) is 17.7 Å². The van der Waals surface area contributed by atoms with Crippen LogP contribution in [0.1, 0.15) is 27.0 Å². The van der Waals surface area contributed by atoms with Gasteiger partial charge in [0.25, 0.3) is 5.91 Å². The normalized spacial score (nSPS) is 10.4. The van der Waals surface area contributed by atoms with E-state index in [0.717, 1.165) is 16.9 Å². The number of benzene rings is 3. The molecule has 0 saturated heterocycles. The van der Waals surface area contributed by atoms with Gasteiger partial charge in [-0.25, -0.2) is 4.39 Å². The monoisotopic (exact) mass is 379 g/mol. The van der Waals surface area contributed by atoms with E-state index in [1.54, 1.807) is 37.4 Å². The van der Waals surface area contributed by atoms with Crippen LogP contribution in [-0.4, -0.2) is 13.0 Å². The first-order valence-electron chi connectivity index (χ1n) is 8.91. The largest absolute Gasteiger partial charge is 0.496 e. The maximum atomic E-state index is 13.8. The molecule has 0 radical (unpaired) electrons. The zero-order valence-electron chi connectivity index (χ0n) is 16.1. The Morgan fingerprint density at radius 1 is 1.00 bits per heavy atom. The average molecular weight is 379 g/mol. The lowest BCUT2D eigenvalue weighted by atomic mass is 10.1. The highest BCUT2D eigenvalue weighted by Gasteiger charge is 2.13. The van der Waals surface area contributed by atoms with Crippen LogP contribution in [0.4, 0.5) is 10.1 Å². The number of amides is 1. The van der Waals surface area contributed by atoms with Crippen molar-refractivity contribution in [3.63, 3.8) is 0 Å². The summed E-state index contributed by atoms with van der Waals surface area (Å²) in [6.07, 6.45) is 0. The number of carbonyl (C=O) groups excluding carboxylic acids is 1. The molecule has 0 bridgehead atoms. The molecule has 3 rings (SSSR count). The Morgan fingerprint density at radius 2 is 1.79 bits per heavy atom. The summed E-state index contributed by atoms with van der Waals surface area (Å²) >= 11 is 0. The van der Waals surface area contributed by atoms with Crippen molar-refractivity contribution < 1.29 is 18.7 Å². The van der Waals surface area contributed by atoms with Crippen LogP contribution < -0.4 is 14.8 Å². The molecule has 144 valence electrons. The van der Waals surface area contributed by atoms with Gasteiger partial charge in [0.15, 0.2) is 0 Å². The van der Waals surface area contributed by atoms with Gasteiger partial charge in [0, 0.05) is 11.1 Å². The molecule has 0 atom stereocenters. The van der Waals surface area contributed by atoms with Gasteiger partial charge >= 0.3 is 0 Å². The quantitative estimate of drug-likeness (QED) is 0.634. The molecule has 3 aromatic rings.